The molecule has 20 heavy (non-hydrogen) atoms. The SMILES string of the molecule is CC(C)CC(CN(C)C)NC(=O)N[C@@H](C(=O)O)C(C)C. The average molecular weight is 287 g/mol. The van der Waals surface area contributed by atoms with Gasteiger partial charge < -0.3 is 20.6 Å². The van der Waals surface area contributed by atoms with Crippen molar-refractivity contribution in [2.45, 2.75) is 46.2 Å². The molecule has 0 aliphatic heterocycles. The first-order valence-electron chi connectivity index (χ1n) is 7.08. The Morgan fingerprint density at radius 1 is 1.10 bits per heavy atom. The van der Waals surface area contributed by atoms with E-state index in [1.165, 1.54) is 0 Å². The van der Waals surface area contributed by atoms with E-state index in [0.29, 0.717) is 5.92 Å². The first kappa shape index (κ1) is 18.7. The minimum atomic E-state index is -1.01. The van der Waals surface area contributed by atoms with Gasteiger partial charge in [-0.1, -0.05) is 27.7 Å². The Balaban J connectivity index is 4.54. The Morgan fingerprint density at radius 3 is 2.00 bits per heavy atom. The van der Waals surface area contributed by atoms with Crippen molar-refractivity contribution in [3.8, 4) is 0 Å². The molecular formula is C14H29N3O3. The lowest BCUT2D eigenvalue weighted by Gasteiger charge is -2.25. The topological polar surface area (TPSA) is 81.7 Å². The van der Waals surface area contributed by atoms with Gasteiger partial charge in [0.2, 0.25) is 0 Å². The number of hydrogen-bond acceptors (Lipinski definition) is 3. The number of carbonyl (C=O) groups is 2. The minimum Gasteiger partial charge on any atom is -0.480 e. The quantitative estimate of drug-likeness (QED) is 0.630. The van der Waals surface area contributed by atoms with Gasteiger partial charge in [-0.15, -0.1) is 0 Å². The normalized spacial score (nSPS) is 14.4. The van der Waals surface area contributed by atoms with Gasteiger partial charge in [-0.2, -0.15) is 0 Å². The lowest BCUT2D eigenvalue weighted by molar-refractivity contribution is -0.140. The molecule has 0 rings (SSSR count). The summed E-state index contributed by atoms with van der Waals surface area (Å²) in [6.45, 7) is 8.45. The van der Waals surface area contributed by atoms with Gasteiger partial charge in [0.15, 0.2) is 0 Å². The van der Waals surface area contributed by atoms with E-state index in [9.17, 15) is 9.59 Å². The molecule has 1 unspecified atom stereocenters. The maximum Gasteiger partial charge on any atom is 0.326 e. The maximum absolute atomic E-state index is 11.9. The molecule has 6 nitrogen and oxygen atoms in total. The third-order valence-corrected chi connectivity index (χ3v) is 2.90. The van der Waals surface area contributed by atoms with Crippen molar-refractivity contribution >= 4 is 12.0 Å². The zero-order chi connectivity index (χ0) is 15.9. The lowest BCUT2D eigenvalue weighted by Crippen LogP contribution is -2.52. The van der Waals surface area contributed by atoms with Gasteiger partial charge in [-0.05, 0) is 32.4 Å². The number of likely N-dealkylation sites (N-methyl/N-ethyl adjacent to an activating group) is 1. The van der Waals surface area contributed by atoms with Gasteiger partial charge in [0.25, 0.3) is 0 Å². The van der Waals surface area contributed by atoms with E-state index >= 15 is 0 Å². The fourth-order valence-corrected chi connectivity index (χ4v) is 2.07. The van der Waals surface area contributed by atoms with Crippen LogP contribution in [-0.4, -0.2) is 54.7 Å². The van der Waals surface area contributed by atoms with E-state index < -0.39 is 18.0 Å². The summed E-state index contributed by atoms with van der Waals surface area (Å²) in [6.07, 6.45) is 0.852. The van der Waals surface area contributed by atoms with Gasteiger partial charge in [-0.3, -0.25) is 0 Å². The number of carboxylic acids is 1. The summed E-state index contributed by atoms with van der Waals surface area (Å²) in [7, 11) is 3.89. The first-order chi connectivity index (χ1) is 9.13. The molecule has 0 fully saturated rings. The zero-order valence-electron chi connectivity index (χ0n) is 13.4. The molecule has 6 heteroatoms. The monoisotopic (exact) mass is 287 g/mol. The van der Waals surface area contributed by atoms with E-state index in [0.717, 1.165) is 13.0 Å². The van der Waals surface area contributed by atoms with E-state index in [-0.39, 0.29) is 12.0 Å². The highest BCUT2D eigenvalue weighted by molar-refractivity contribution is 5.82. The second-order valence-corrected chi connectivity index (χ2v) is 6.27. The van der Waals surface area contributed by atoms with Gasteiger partial charge >= 0.3 is 12.0 Å². The zero-order valence-corrected chi connectivity index (χ0v) is 13.4. The molecule has 0 saturated heterocycles. The summed E-state index contributed by atoms with van der Waals surface area (Å²) in [5, 5.41) is 14.5. The smallest absolute Gasteiger partial charge is 0.326 e. The van der Waals surface area contributed by atoms with Crippen LogP contribution in [0, 0.1) is 11.8 Å². The molecular weight excluding hydrogens is 258 g/mol. The highest BCUT2D eigenvalue weighted by Gasteiger charge is 2.24. The van der Waals surface area contributed by atoms with Crippen LogP contribution in [0.4, 0.5) is 4.79 Å². The van der Waals surface area contributed by atoms with Crippen LogP contribution in [0.1, 0.15) is 34.1 Å². The Kier molecular flexibility index (Phi) is 8.22. The molecule has 0 aromatic rings. The van der Waals surface area contributed by atoms with Crippen LogP contribution in [0.3, 0.4) is 0 Å². The van der Waals surface area contributed by atoms with Crippen LogP contribution in [-0.2, 0) is 4.79 Å². The molecule has 118 valence electrons. The highest BCUT2D eigenvalue weighted by atomic mass is 16.4. The van der Waals surface area contributed by atoms with Crippen LogP contribution in [0.2, 0.25) is 0 Å². The molecule has 0 aliphatic rings. The predicted octanol–water partition coefficient (Wildman–Crippen LogP) is 1.37. The molecule has 3 N–H and O–H groups in total. The second-order valence-electron chi connectivity index (χ2n) is 6.27. The number of urea groups is 1. The molecule has 0 heterocycles. The van der Waals surface area contributed by atoms with Gasteiger partial charge in [0, 0.05) is 12.6 Å². The van der Waals surface area contributed by atoms with Crippen molar-refractivity contribution in [2.75, 3.05) is 20.6 Å². The number of rotatable bonds is 8. The lowest BCUT2D eigenvalue weighted by atomic mass is 10.0. The average Bonchev–Trinajstić information content (AvgIpc) is 2.22. The summed E-state index contributed by atoms with van der Waals surface area (Å²) in [5.41, 5.74) is 0. The standard InChI is InChI=1S/C14H29N3O3/c1-9(2)7-11(8-17(5)6)15-14(20)16-12(10(3)4)13(18)19/h9-12H,7-8H2,1-6H3,(H,18,19)(H2,15,16,20)/t11?,12-/m1/s1. The van der Waals surface area contributed by atoms with Crippen LogP contribution in [0.15, 0.2) is 0 Å². The van der Waals surface area contributed by atoms with Crippen LogP contribution in [0.25, 0.3) is 0 Å². The fourth-order valence-electron chi connectivity index (χ4n) is 2.07. The largest absolute Gasteiger partial charge is 0.480 e. The van der Waals surface area contributed by atoms with Crippen molar-refractivity contribution in [1.29, 1.82) is 0 Å². The second kappa shape index (κ2) is 8.79. The van der Waals surface area contributed by atoms with E-state index in [2.05, 4.69) is 24.5 Å². The van der Waals surface area contributed by atoms with Gasteiger partial charge in [0.1, 0.15) is 6.04 Å². The molecule has 0 saturated carbocycles. The number of carbonyl (C=O) groups excluding carboxylic acids is 1. The minimum absolute atomic E-state index is 0.00612. The van der Waals surface area contributed by atoms with Crippen LogP contribution < -0.4 is 10.6 Å². The molecule has 0 spiro atoms. The summed E-state index contributed by atoms with van der Waals surface area (Å²) in [4.78, 5) is 25.0. The summed E-state index contributed by atoms with van der Waals surface area (Å²) >= 11 is 0. The molecule has 0 aromatic heterocycles. The van der Waals surface area contributed by atoms with Crippen molar-refractivity contribution in [3.63, 3.8) is 0 Å². The van der Waals surface area contributed by atoms with Gasteiger partial charge in [-0.25, -0.2) is 9.59 Å². The summed E-state index contributed by atoms with van der Waals surface area (Å²) in [5.74, 6) is -0.709. The van der Waals surface area contributed by atoms with Crippen molar-refractivity contribution in [2.24, 2.45) is 11.8 Å². The Morgan fingerprint density at radius 2 is 1.65 bits per heavy atom. The van der Waals surface area contributed by atoms with Gasteiger partial charge in [0.05, 0.1) is 0 Å². The van der Waals surface area contributed by atoms with Crippen LogP contribution in [0.5, 0.6) is 0 Å². The highest BCUT2D eigenvalue weighted by Crippen LogP contribution is 2.06. The number of hydrogen-bond donors (Lipinski definition) is 3. The Bertz CT molecular complexity index is 307. The fraction of sp³-hybridized carbons (Fsp3) is 0.857. The molecule has 2 amide bonds. The number of aliphatic carboxylic acids is 1. The predicted molar refractivity (Wildman–Crippen MR) is 79.7 cm³/mol. The Labute approximate surface area is 121 Å². The third kappa shape index (κ3) is 7.99. The van der Waals surface area contributed by atoms with Crippen LogP contribution >= 0.6 is 0 Å². The number of nitrogens with zero attached hydrogens (tertiary/aromatic N) is 1. The number of carboxylic acid groups (broad SMARTS) is 1. The molecule has 0 radical (unpaired) electrons. The molecule has 2 atom stereocenters. The Hall–Kier alpha value is -1.30. The van der Waals surface area contributed by atoms with E-state index in [4.69, 9.17) is 5.11 Å². The van der Waals surface area contributed by atoms with Crippen molar-refractivity contribution in [1.82, 2.24) is 15.5 Å². The van der Waals surface area contributed by atoms with Crippen molar-refractivity contribution < 1.29 is 14.7 Å². The summed E-state index contributed by atoms with van der Waals surface area (Å²) in [6, 6.07) is -1.28. The maximum atomic E-state index is 11.9. The molecule has 0 aliphatic carbocycles. The summed E-state index contributed by atoms with van der Waals surface area (Å²) < 4.78 is 0. The van der Waals surface area contributed by atoms with Crippen molar-refractivity contribution in [3.05, 3.63) is 0 Å². The molecule has 0 aromatic carbocycles. The first-order valence-corrected chi connectivity index (χ1v) is 7.08. The number of amides is 2. The van der Waals surface area contributed by atoms with E-state index in [1.807, 2.05) is 19.0 Å². The van der Waals surface area contributed by atoms with E-state index in [1.54, 1.807) is 13.8 Å². The molecule has 0 bridgehead atoms. The number of nitrogens with one attached hydrogen (secondary N) is 2. The third-order valence-electron chi connectivity index (χ3n) is 2.90.